The number of hydrogen-bond acceptors (Lipinski definition) is 8. The molecule has 1 heterocycles. The van der Waals surface area contributed by atoms with Gasteiger partial charge in [-0.2, -0.15) is 0 Å². The molecule has 0 saturated heterocycles. The van der Waals surface area contributed by atoms with Crippen LogP contribution in [0.4, 0.5) is 0 Å². The Morgan fingerprint density at radius 2 is 1.65 bits per heavy atom. The first-order valence-corrected chi connectivity index (χ1v) is 20.1. The highest BCUT2D eigenvalue weighted by Crippen LogP contribution is 2.77. The van der Waals surface area contributed by atoms with Gasteiger partial charge in [0.25, 0.3) is 0 Å². The molecule has 0 bridgehead atoms. The van der Waals surface area contributed by atoms with Crippen LogP contribution in [0, 0.1) is 56.2 Å². The maximum Gasteiger partial charge on any atom is 0.309 e. The highest BCUT2D eigenvalue weighted by molar-refractivity contribution is 6.30. The summed E-state index contributed by atoms with van der Waals surface area (Å²) in [5, 5.41) is 25.6. The summed E-state index contributed by atoms with van der Waals surface area (Å²) in [6, 6.07) is 0. The van der Waals surface area contributed by atoms with Gasteiger partial charge in [0.15, 0.2) is 5.78 Å². The average Bonchev–Trinajstić information content (AvgIpc) is 3.36. The van der Waals surface area contributed by atoms with E-state index in [0.29, 0.717) is 42.2 Å². The van der Waals surface area contributed by atoms with Crippen LogP contribution in [0.25, 0.3) is 0 Å². The number of ether oxygens (including phenoxy) is 1. The van der Waals surface area contributed by atoms with Crippen molar-refractivity contribution < 1.29 is 29.3 Å². The Bertz CT molecular complexity index is 1620. The summed E-state index contributed by atoms with van der Waals surface area (Å²) < 4.78 is 6.16. The number of aliphatic hydroxyl groups excluding tert-OH is 1. The summed E-state index contributed by atoms with van der Waals surface area (Å²) in [4.78, 5) is 47.4. The van der Waals surface area contributed by atoms with Crippen LogP contribution in [0.15, 0.2) is 23.5 Å². The van der Waals surface area contributed by atoms with Crippen molar-refractivity contribution in [2.24, 2.45) is 56.2 Å². The number of aromatic nitrogens is 2. The third-order valence-corrected chi connectivity index (χ3v) is 16.0. The number of carbonyl (C=O) groups excluding carboxylic acids is 2. The second-order valence-electron chi connectivity index (χ2n) is 19.5. The number of rotatable bonds is 10. The zero-order chi connectivity index (χ0) is 38.2. The molecule has 9 atom stereocenters. The van der Waals surface area contributed by atoms with Gasteiger partial charge < -0.3 is 20.3 Å². The molecule has 1 aromatic heterocycles. The van der Waals surface area contributed by atoms with E-state index >= 15 is 0 Å². The third-order valence-electron chi connectivity index (χ3n) is 15.8. The van der Waals surface area contributed by atoms with Gasteiger partial charge in [-0.3, -0.25) is 14.4 Å². The molecule has 3 N–H and O–H groups in total. The number of allylic oxidation sites excluding steroid dienone is 1. The first kappa shape index (κ1) is 39.3. The van der Waals surface area contributed by atoms with Crippen LogP contribution in [0.1, 0.15) is 132 Å². The minimum atomic E-state index is -1.17. The van der Waals surface area contributed by atoms with Crippen molar-refractivity contribution in [2.75, 3.05) is 6.54 Å². The van der Waals surface area contributed by atoms with E-state index in [1.54, 1.807) is 26.2 Å². The number of fused-ring (bicyclic) bond motifs is 7. The fourth-order valence-corrected chi connectivity index (χ4v) is 13.0. The fraction of sp³-hybridized carbons (Fsp3) is 0.786. The highest BCUT2D eigenvalue weighted by atomic mass is 35.5. The van der Waals surface area contributed by atoms with Crippen molar-refractivity contribution in [1.82, 2.24) is 15.3 Å². The molecule has 1 aromatic rings. The summed E-state index contributed by atoms with van der Waals surface area (Å²) in [6.07, 6.45) is 10.1. The van der Waals surface area contributed by atoms with Crippen molar-refractivity contribution in [2.45, 2.75) is 145 Å². The number of esters is 1. The molecule has 52 heavy (non-hydrogen) atoms. The van der Waals surface area contributed by atoms with Crippen molar-refractivity contribution in [3.63, 3.8) is 0 Å². The molecule has 0 amide bonds. The first-order valence-electron chi connectivity index (χ1n) is 19.7. The number of nitrogens with zero attached hydrogens (tertiary/aromatic N) is 2. The Balaban J connectivity index is 1.26. The number of carboxylic acid groups (broad SMARTS) is 1. The fourth-order valence-electron chi connectivity index (χ4n) is 12.9. The van der Waals surface area contributed by atoms with Gasteiger partial charge in [-0.05, 0) is 111 Å². The number of carbonyl (C=O) groups is 3. The van der Waals surface area contributed by atoms with Crippen LogP contribution in [-0.2, 0) is 25.7 Å². The Kier molecular flexibility index (Phi) is 10.2. The van der Waals surface area contributed by atoms with Crippen molar-refractivity contribution in [3.8, 4) is 0 Å². The summed E-state index contributed by atoms with van der Waals surface area (Å²) in [6.45, 7) is 20.3. The largest absolute Gasteiger partial charge is 0.481 e. The molecule has 0 aromatic carbocycles. The van der Waals surface area contributed by atoms with Gasteiger partial charge in [-0.15, -0.1) is 0 Å². The maximum absolute atomic E-state index is 14.0. The Morgan fingerprint density at radius 3 is 2.29 bits per heavy atom. The standard InChI is InChI=1S/C42H62ClN3O6/c1-24(2)34-27(47)18-42(30(48)22-44-23-32-45-20-25(43)21-46-32)17-16-40(8)26(35(34)42)10-11-29-39(7)14-13-31(52-33(49)19-37(3,4)36(50)51)38(5,6)28(39)12-15-41(29,40)9/h20-21,24,26,28-31,44,48H,10-19,22-23H2,1-9H3,(H,50,51)/t26-,28-,29-,30-,31+,39+,40-,41-,42+/m1/s1. The Hall–Kier alpha value is -2.36. The predicted molar refractivity (Wildman–Crippen MR) is 200 cm³/mol. The Labute approximate surface area is 315 Å². The molecule has 10 heteroatoms. The van der Waals surface area contributed by atoms with Crippen molar-refractivity contribution >= 4 is 29.3 Å². The van der Waals surface area contributed by atoms with Crippen molar-refractivity contribution in [3.05, 3.63) is 34.4 Å². The minimum Gasteiger partial charge on any atom is -0.481 e. The summed E-state index contributed by atoms with van der Waals surface area (Å²) in [7, 11) is 0. The second kappa shape index (κ2) is 13.4. The molecule has 0 unspecified atom stereocenters. The molecule has 9 nitrogen and oxygen atoms in total. The van der Waals surface area contributed by atoms with Gasteiger partial charge in [0.2, 0.25) is 0 Å². The molecular weight excluding hydrogens is 678 g/mol. The molecule has 6 rings (SSSR count). The lowest BCUT2D eigenvalue weighted by atomic mass is 9.33. The second-order valence-corrected chi connectivity index (χ2v) is 20.0. The monoisotopic (exact) mass is 739 g/mol. The molecule has 5 aliphatic rings. The van der Waals surface area contributed by atoms with Gasteiger partial charge in [0, 0.05) is 36.2 Å². The zero-order valence-corrected chi connectivity index (χ0v) is 33.7. The summed E-state index contributed by atoms with van der Waals surface area (Å²) >= 11 is 5.98. The number of halogens is 1. The van der Waals surface area contributed by atoms with E-state index in [9.17, 15) is 24.6 Å². The van der Waals surface area contributed by atoms with Gasteiger partial charge in [0.1, 0.15) is 11.9 Å². The lowest BCUT2D eigenvalue weighted by Crippen LogP contribution is -2.66. The van der Waals surface area contributed by atoms with E-state index in [0.717, 1.165) is 56.9 Å². The smallest absolute Gasteiger partial charge is 0.309 e. The number of carboxylic acids is 1. The van der Waals surface area contributed by atoms with Crippen LogP contribution in [-0.4, -0.2) is 56.7 Å². The number of Topliss-reactive ketones (excluding diaryl/α,β-unsaturated/α-hetero) is 1. The van der Waals surface area contributed by atoms with E-state index in [1.807, 2.05) is 0 Å². The van der Waals surface area contributed by atoms with Crippen LogP contribution in [0.2, 0.25) is 5.02 Å². The molecule has 288 valence electrons. The van der Waals surface area contributed by atoms with E-state index < -0.39 is 28.9 Å². The summed E-state index contributed by atoms with van der Waals surface area (Å²) in [5.41, 5.74) is 0.279. The molecule has 0 spiro atoms. The van der Waals surface area contributed by atoms with Gasteiger partial charge in [-0.25, -0.2) is 9.97 Å². The topological polar surface area (TPSA) is 139 Å². The quantitative estimate of drug-likeness (QED) is 0.204. The molecule has 0 aliphatic heterocycles. The average molecular weight is 740 g/mol. The summed E-state index contributed by atoms with van der Waals surface area (Å²) in [5.74, 6) is 0.541. The highest BCUT2D eigenvalue weighted by Gasteiger charge is 2.70. The molecular formula is C42H62ClN3O6. The lowest BCUT2D eigenvalue weighted by Gasteiger charge is -2.72. The number of ketones is 1. The van der Waals surface area contributed by atoms with E-state index in [1.165, 1.54) is 5.57 Å². The van der Waals surface area contributed by atoms with Crippen molar-refractivity contribution in [1.29, 1.82) is 0 Å². The molecule has 4 saturated carbocycles. The van der Waals surface area contributed by atoms with Crippen LogP contribution in [0.5, 0.6) is 0 Å². The normalized spacial score (nSPS) is 37.5. The lowest BCUT2D eigenvalue weighted by molar-refractivity contribution is -0.235. The number of aliphatic carboxylic acids is 1. The van der Waals surface area contributed by atoms with Gasteiger partial charge >= 0.3 is 11.9 Å². The van der Waals surface area contributed by atoms with E-state index in [-0.39, 0.29) is 51.8 Å². The van der Waals surface area contributed by atoms with Crippen LogP contribution in [0.3, 0.4) is 0 Å². The Morgan fingerprint density at radius 1 is 0.981 bits per heavy atom. The predicted octanol–water partition coefficient (Wildman–Crippen LogP) is 7.97. The first-order chi connectivity index (χ1) is 24.1. The number of nitrogens with one attached hydrogen (secondary N) is 1. The SMILES string of the molecule is CC(C)C1=C2[C@H]3CC[C@@H]4[C@@]5(C)CC[C@H](OC(=O)CC(C)(C)C(=O)O)C(C)(C)[C@H]5CC[C@@]4(C)[C@]3(C)CC[C@@]2([C@H](O)CNCc2ncc(Cl)cn2)CC1=O. The van der Waals surface area contributed by atoms with Crippen LogP contribution >= 0.6 is 11.6 Å². The molecule has 5 aliphatic carbocycles. The molecule has 4 fully saturated rings. The zero-order valence-electron chi connectivity index (χ0n) is 32.9. The third kappa shape index (κ3) is 6.07. The van der Waals surface area contributed by atoms with Gasteiger partial charge in [0.05, 0.1) is 29.5 Å². The number of hydrogen-bond donors (Lipinski definition) is 3. The van der Waals surface area contributed by atoms with E-state index in [2.05, 4.69) is 63.8 Å². The minimum absolute atomic E-state index is 0.0341. The van der Waals surface area contributed by atoms with Gasteiger partial charge in [-0.1, -0.05) is 65.6 Å². The molecule has 0 radical (unpaired) electrons. The number of aliphatic hydroxyl groups is 1. The van der Waals surface area contributed by atoms with E-state index in [4.69, 9.17) is 16.3 Å². The van der Waals surface area contributed by atoms with Crippen LogP contribution < -0.4 is 5.32 Å². The maximum atomic E-state index is 14.0.